The molecule has 86 valence electrons. The molecule has 0 aliphatic carbocycles. The van der Waals surface area contributed by atoms with Crippen LogP contribution in [0.4, 0.5) is 0 Å². The third-order valence-corrected chi connectivity index (χ3v) is 2.76. The van der Waals surface area contributed by atoms with Gasteiger partial charge in [0, 0.05) is 12.0 Å². The Labute approximate surface area is 103 Å². The van der Waals surface area contributed by atoms with Crippen molar-refractivity contribution in [3.63, 3.8) is 0 Å². The first kappa shape index (κ1) is 13.0. The Morgan fingerprint density at radius 3 is 2.44 bits per heavy atom. The van der Waals surface area contributed by atoms with Crippen LogP contribution in [-0.2, 0) is 9.53 Å². The highest BCUT2D eigenvalue weighted by molar-refractivity contribution is 6.42. The van der Waals surface area contributed by atoms with E-state index in [-0.39, 0.29) is 18.6 Å². The molecule has 0 unspecified atom stereocenters. The van der Waals surface area contributed by atoms with E-state index in [4.69, 9.17) is 23.2 Å². The minimum Gasteiger partial charge on any atom is -0.469 e. The van der Waals surface area contributed by atoms with E-state index in [0.29, 0.717) is 15.6 Å². The van der Waals surface area contributed by atoms with Crippen LogP contribution < -0.4 is 0 Å². The Hall–Kier alpha value is -1.06. The van der Waals surface area contributed by atoms with Crippen molar-refractivity contribution in [1.82, 2.24) is 0 Å². The van der Waals surface area contributed by atoms with Crippen LogP contribution in [0, 0.1) is 0 Å². The zero-order valence-electron chi connectivity index (χ0n) is 8.63. The topological polar surface area (TPSA) is 43.4 Å². The van der Waals surface area contributed by atoms with Crippen molar-refractivity contribution in [2.75, 3.05) is 7.11 Å². The highest BCUT2D eigenvalue weighted by atomic mass is 35.5. The fourth-order valence-corrected chi connectivity index (χ4v) is 1.43. The minimum absolute atomic E-state index is 0.0651. The van der Waals surface area contributed by atoms with Crippen LogP contribution in [0.3, 0.4) is 0 Å². The van der Waals surface area contributed by atoms with Gasteiger partial charge in [0.05, 0.1) is 23.6 Å². The quantitative estimate of drug-likeness (QED) is 0.617. The summed E-state index contributed by atoms with van der Waals surface area (Å²) < 4.78 is 4.44. The number of ketones is 1. The molecule has 0 radical (unpaired) electrons. The summed E-state index contributed by atoms with van der Waals surface area (Å²) in [7, 11) is 1.28. The largest absolute Gasteiger partial charge is 0.469 e. The molecule has 0 aromatic heterocycles. The van der Waals surface area contributed by atoms with Crippen LogP contribution in [0.15, 0.2) is 18.2 Å². The summed E-state index contributed by atoms with van der Waals surface area (Å²) in [6.07, 6.45) is 0.167. The average molecular weight is 261 g/mol. The lowest BCUT2D eigenvalue weighted by atomic mass is 10.1. The van der Waals surface area contributed by atoms with Crippen molar-refractivity contribution in [3.05, 3.63) is 33.8 Å². The second kappa shape index (κ2) is 5.87. The molecule has 5 heteroatoms. The molecular weight excluding hydrogens is 251 g/mol. The molecule has 0 N–H and O–H groups in total. The van der Waals surface area contributed by atoms with Gasteiger partial charge in [0.15, 0.2) is 5.78 Å². The van der Waals surface area contributed by atoms with Crippen molar-refractivity contribution >= 4 is 35.0 Å². The van der Waals surface area contributed by atoms with E-state index < -0.39 is 5.97 Å². The van der Waals surface area contributed by atoms with Crippen LogP contribution in [-0.4, -0.2) is 18.9 Å². The van der Waals surface area contributed by atoms with E-state index in [1.54, 1.807) is 12.1 Å². The molecule has 0 saturated carbocycles. The lowest BCUT2D eigenvalue weighted by Gasteiger charge is -2.02. The Bertz CT molecular complexity index is 416. The maximum Gasteiger partial charge on any atom is 0.305 e. The molecule has 0 bridgehead atoms. The Morgan fingerprint density at radius 2 is 1.88 bits per heavy atom. The average Bonchev–Trinajstić information content (AvgIpc) is 2.29. The lowest BCUT2D eigenvalue weighted by molar-refractivity contribution is -0.140. The molecule has 1 rings (SSSR count). The highest BCUT2D eigenvalue weighted by Gasteiger charge is 2.10. The number of halogens is 2. The Kier molecular flexibility index (Phi) is 4.77. The smallest absolute Gasteiger partial charge is 0.305 e. The van der Waals surface area contributed by atoms with Crippen LogP contribution >= 0.6 is 23.2 Å². The van der Waals surface area contributed by atoms with Gasteiger partial charge in [-0.05, 0) is 18.2 Å². The fourth-order valence-electron chi connectivity index (χ4n) is 1.13. The van der Waals surface area contributed by atoms with Crippen molar-refractivity contribution < 1.29 is 14.3 Å². The standard InChI is InChI=1S/C11H10Cl2O3/c1-16-11(15)5-4-10(14)7-2-3-8(12)9(13)6-7/h2-3,6H,4-5H2,1H3. The third kappa shape index (κ3) is 3.51. The molecule has 0 aliphatic heterocycles. The Balaban J connectivity index is 2.66. The van der Waals surface area contributed by atoms with Crippen LogP contribution in [0.1, 0.15) is 23.2 Å². The van der Waals surface area contributed by atoms with Crippen molar-refractivity contribution in [2.24, 2.45) is 0 Å². The second-order valence-electron chi connectivity index (χ2n) is 3.13. The van der Waals surface area contributed by atoms with Crippen molar-refractivity contribution in [2.45, 2.75) is 12.8 Å². The summed E-state index contributed by atoms with van der Waals surface area (Å²) in [5, 5.41) is 0.719. The molecule has 16 heavy (non-hydrogen) atoms. The van der Waals surface area contributed by atoms with E-state index in [9.17, 15) is 9.59 Å². The van der Waals surface area contributed by atoms with E-state index in [1.807, 2.05) is 0 Å². The van der Waals surface area contributed by atoms with Gasteiger partial charge in [-0.25, -0.2) is 0 Å². The first-order valence-corrected chi connectivity index (χ1v) is 5.35. The molecule has 0 aliphatic rings. The number of benzene rings is 1. The van der Waals surface area contributed by atoms with Gasteiger partial charge in [0.25, 0.3) is 0 Å². The molecule has 0 heterocycles. The van der Waals surface area contributed by atoms with Gasteiger partial charge in [0.1, 0.15) is 0 Å². The molecule has 0 atom stereocenters. The van der Waals surface area contributed by atoms with Gasteiger partial charge in [-0.15, -0.1) is 0 Å². The van der Waals surface area contributed by atoms with Gasteiger partial charge >= 0.3 is 5.97 Å². The second-order valence-corrected chi connectivity index (χ2v) is 3.94. The minimum atomic E-state index is -0.409. The number of carbonyl (C=O) groups excluding carboxylic acids is 2. The first-order chi connectivity index (χ1) is 7.54. The number of methoxy groups -OCH3 is 1. The highest BCUT2D eigenvalue weighted by Crippen LogP contribution is 2.23. The number of hydrogen-bond donors (Lipinski definition) is 0. The number of Topliss-reactive ketones (excluding diaryl/α,β-unsaturated/α-hetero) is 1. The van der Waals surface area contributed by atoms with Crippen molar-refractivity contribution in [3.8, 4) is 0 Å². The zero-order chi connectivity index (χ0) is 12.1. The molecule has 0 spiro atoms. The normalized spacial score (nSPS) is 9.94. The van der Waals surface area contributed by atoms with E-state index in [1.165, 1.54) is 13.2 Å². The summed E-state index contributed by atoms with van der Waals surface area (Å²) in [6.45, 7) is 0. The van der Waals surface area contributed by atoms with Crippen molar-refractivity contribution in [1.29, 1.82) is 0 Å². The van der Waals surface area contributed by atoms with Gasteiger partial charge in [-0.1, -0.05) is 23.2 Å². The summed E-state index contributed by atoms with van der Waals surface area (Å²) in [5.74, 6) is -0.572. The molecule has 0 amide bonds. The van der Waals surface area contributed by atoms with Crippen LogP contribution in [0.25, 0.3) is 0 Å². The number of esters is 1. The Morgan fingerprint density at radius 1 is 1.19 bits per heavy atom. The predicted octanol–water partition coefficient (Wildman–Crippen LogP) is 3.13. The molecule has 1 aromatic rings. The molecule has 0 saturated heterocycles. The lowest BCUT2D eigenvalue weighted by Crippen LogP contribution is -2.05. The van der Waals surface area contributed by atoms with E-state index in [0.717, 1.165) is 0 Å². The fraction of sp³-hybridized carbons (Fsp3) is 0.273. The van der Waals surface area contributed by atoms with E-state index >= 15 is 0 Å². The van der Waals surface area contributed by atoms with Gasteiger partial charge in [-0.2, -0.15) is 0 Å². The van der Waals surface area contributed by atoms with Gasteiger partial charge in [0.2, 0.25) is 0 Å². The number of ether oxygens (including phenoxy) is 1. The zero-order valence-corrected chi connectivity index (χ0v) is 10.1. The van der Waals surface area contributed by atoms with E-state index in [2.05, 4.69) is 4.74 Å². The first-order valence-electron chi connectivity index (χ1n) is 4.59. The third-order valence-electron chi connectivity index (χ3n) is 2.03. The van der Waals surface area contributed by atoms with Gasteiger partial charge in [-0.3, -0.25) is 9.59 Å². The molecule has 1 aromatic carbocycles. The summed E-state index contributed by atoms with van der Waals surface area (Å²) in [5.41, 5.74) is 0.443. The predicted molar refractivity (Wildman–Crippen MR) is 62.0 cm³/mol. The molecular formula is C11H10Cl2O3. The van der Waals surface area contributed by atoms with Crippen LogP contribution in [0.2, 0.25) is 10.0 Å². The maximum atomic E-state index is 11.6. The number of hydrogen-bond acceptors (Lipinski definition) is 3. The van der Waals surface area contributed by atoms with Crippen LogP contribution in [0.5, 0.6) is 0 Å². The van der Waals surface area contributed by atoms with Gasteiger partial charge < -0.3 is 4.74 Å². The summed E-state index contributed by atoms with van der Waals surface area (Å²) in [4.78, 5) is 22.5. The molecule has 3 nitrogen and oxygen atoms in total. The molecule has 0 fully saturated rings. The SMILES string of the molecule is COC(=O)CCC(=O)c1ccc(Cl)c(Cl)c1. The summed E-state index contributed by atoms with van der Waals surface area (Å²) >= 11 is 11.5. The monoisotopic (exact) mass is 260 g/mol. The summed E-state index contributed by atoms with van der Waals surface area (Å²) in [6, 6.07) is 4.62. The number of carbonyl (C=O) groups is 2. The maximum absolute atomic E-state index is 11.6. The number of rotatable bonds is 4.